The highest BCUT2D eigenvalue weighted by Crippen LogP contribution is 2.18. The molecule has 1 aromatic heterocycles. The first kappa shape index (κ1) is 9.37. The Kier molecular flexibility index (Phi) is 2.61. The number of aromatic nitrogens is 2. The molecule has 1 saturated heterocycles. The summed E-state index contributed by atoms with van der Waals surface area (Å²) in [6.45, 7) is 3.24. The van der Waals surface area contributed by atoms with Crippen molar-refractivity contribution in [2.24, 2.45) is 0 Å². The van der Waals surface area contributed by atoms with Gasteiger partial charge in [-0.3, -0.25) is 4.98 Å². The smallest absolute Gasteiger partial charge is 0.147 e. The van der Waals surface area contributed by atoms with Gasteiger partial charge in [0.2, 0.25) is 0 Å². The molecule has 1 fully saturated rings. The molecule has 0 radical (unpaired) electrons. The van der Waals surface area contributed by atoms with Gasteiger partial charge in [-0.1, -0.05) is 0 Å². The number of hydrogen-bond donors (Lipinski definition) is 0. The van der Waals surface area contributed by atoms with E-state index in [2.05, 4.69) is 9.97 Å². The van der Waals surface area contributed by atoms with E-state index in [1.807, 2.05) is 11.8 Å². The number of halogens is 1. The Balaban J connectivity index is 2.10. The SMILES string of the molecule is Cc1cnc(N2CCCC(F)C2)cn1. The maximum atomic E-state index is 13.1. The van der Waals surface area contributed by atoms with Crippen LogP contribution in [0.2, 0.25) is 0 Å². The number of piperidine rings is 1. The maximum Gasteiger partial charge on any atom is 0.147 e. The summed E-state index contributed by atoms with van der Waals surface area (Å²) in [6, 6.07) is 0. The highest BCUT2D eigenvalue weighted by molar-refractivity contribution is 5.36. The van der Waals surface area contributed by atoms with Gasteiger partial charge in [-0.05, 0) is 19.8 Å². The molecule has 1 unspecified atom stereocenters. The van der Waals surface area contributed by atoms with Crippen LogP contribution in [0.25, 0.3) is 0 Å². The summed E-state index contributed by atoms with van der Waals surface area (Å²) in [7, 11) is 0. The van der Waals surface area contributed by atoms with Gasteiger partial charge in [0.1, 0.15) is 12.0 Å². The first-order valence-corrected chi connectivity index (χ1v) is 4.93. The first-order chi connectivity index (χ1) is 6.75. The third-order valence-electron chi connectivity index (χ3n) is 2.46. The van der Waals surface area contributed by atoms with Gasteiger partial charge in [0.05, 0.1) is 24.6 Å². The Morgan fingerprint density at radius 3 is 2.93 bits per heavy atom. The molecule has 0 N–H and O–H groups in total. The van der Waals surface area contributed by atoms with E-state index >= 15 is 0 Å². The summed E-state index contributed by atoms with van der Waals surface area (Å²) < 4.78 is 13.1. The molecular weight excluding hydrogens is 181 g/mol. The van der Waals surface area contributed by atoms with Gasteiger partial charge in [-0.2, -0.15) is 0 Å². The van der Waals surface area contributed by atoms with E-state index in [1.165, 1.54) is 0 Å². The van der Waals surface area contributed by atoms with Crippen molar-refractivity contribution in [3.63, 3.8) is 0 Å². The highest BCUT2D eigenvalue weighted by Gasteiger charge is 2.19. The molecule has 0 spiro atoms. The van der Waals surface area contributed by atoms with Gasteiger partial charge >= 0.3 is 0 Å². The minimum absolute atomic E-state index is 0.456. The fourth-order valence-corrected chi connectivity index (χ4v) is 1.68. The zero-order valence-corrected chi connectivity index (χ0v) is 8.28. The standard InChI is InChI=1S/C10H14FN3/c1-8-5-13-10(6-12-8)14-4-2-3-9(11)7-14/h5-6,9H,2-4,7H2,1H3. The summed E-state index contributed by atoms with van der Waals surface area (Å²) in [5, 5.41) is 0. The van der Waals surface area contributed by atoms with Gasteiger partial charge in [0, 0.05) is 6.54 Å². The molecule has 1 atom stereocenters. The molecule has 0 saturated carbocycles. The van der Waals surface area contributed by atoms with Gasteiger partial charge in [-0.15, -0.1) is 0 Å². The summed E-state index contributed by atoms with van der Waals surface area (Å²) in [6.07, 6.45) is 4.30. The van der Waals surface area contributed by atoms with Crippen molar-refractivity contribution in [1.29, 1.82) is 0 Å². The van der Waals surface area contributed by atoms with E-state index in [0.29, 0.717) is 13.0 Å². The fourth-order valence-electron chi connectivity index (χ4n) is 1.68. The Morgan fingerprint density at radius 2 is 2.29 bits per heavy atom. The van der Waals surface area contributed by atoms with E-state index in [0.717, 1.165) is 24.5 Å². The van der Waals surface area contributed by atoms with Crippen LogP contribution in [0.1, 0.15) is 18.5 Å². The van der Waals surface area contributed by atoms with Crippen LogP contribution in [0.4, 0.5) is 10.2 Å². The van der Waals surface area contributed by atoms with Crippen LogP contribution in [0.5, 0.6) is 0 Å². The lowest BCUT2D eigenvalue weighted by atomic mass is 10.1. The molecule has 1 aromatic rings. The van der Waals surface area contributed by atoms with Crippen molar-refractivity contribution in [2.45, 2.75) is 25.9 Å². The van der Waals surface area contributed by atoms with Crippen molar-refractivity contribution >= 4 is 5.82 Å². The van der Waals surface area contributed by atoms with Crippen molar-refractivity contribution in [2.75, 3.05) is 18.0 Å². The van der Waals surface area contributed by atoms with Gasteiger partial charge in [0.15, 0.2) is 0 Å². The van der Waals surface area contributed by atoms with Crippen molar-refractivity contribution in [3.05, 3.63) is 18.1 Å². The van der Waals surface area contributed by atoms with E-state index in [9.17, 15) is 4.39 Å². The van der Waals surface area contributed by atoms with E-state index in [4.69, 9.17) is 0 Å². The molecular formula is C10H14FN3. The summed E-state index contributed by atoms with van der Waals surface area (Å²) in [5.41, 5.74) is 0.891. The number of rotatable bonds is 1. The lowest BCUT2D eigenvalue weighted by Crippen LogP contribution is -2.36. The molecule has 3 nitrogen and oxygen atoms in total. The second-order valence-electron chi connectivity index (χ2n) is 3.70. The number of alkyl halides is 1. The van der Waals surface area contributed by atoms with E-state index in [-0.39, 0.29) is 0 Å². The first-order valence-electron chi connectivity index (χ1n) is 4.93. The van der Waals surface area contributed by atoms with Crippen molar-refractivity contribution in [3.8, 4) is 0 Å². The molecule has 76 valence electrons. The number of anilines is 1. The average Bonchev–Trinajstić information content (AvgIpc) is 2.19. The largest absolute Gasteiger partial charge is 0.352 e. The monoisotopic (exact) mass is 195 g/mol. The van der Waals surface area contributed by atoms with Crippen LogP contribution >= 0.6 is 0 Å². The lowest BCUT2D eigenvalue weighted by Gasteiger charge is -2.29. The minimum atomic E-state index is -0.716. The fraction of sp³-hybridized carbons (Fsp3) is 0.600. The van der Waals surface area contributed by atoms with Gasteiger partial charge < -0.3 is 4.90 Å². The lowest BCUT2D eigenvalue weighted by molar-refractivity contribution is 0.286. The zero-order valence-electron chi connectivity index (χ0n) is 8.28. The van der Waals surface area contributed by atoms with Gasteiger partial charge in [-0.25, -0.2) is 9.37 Å². The number of aryl methyl sites for hydroxylation is 1. The summed E-state index contributed by atoms with van der Waals surface area (Å²) in [4.78, 5) is 10.3. The molecule has 1 aliphatic rings. The van der Waals surface area contributed by atoms with Crippen LogP contribution < -0.4 is 4.90 Å². The highest BCUT2D eigenvalue weighted by atomic mass is 19.1. The predicted molar refractivity (Wildman–Crippen MR) is 53.1 cm³/mol. The Labute approximate surface area is 83.0 Å². The minimum Gasteiger partial charge on any atom is -0.352 e. The topological polar surface area (TPSA) is 29.0 Å². The van der Waals surface area contributed by atoms with Crippen molar-refractivity contribution in [1.82, 2.24) is 9.97 Å². The molecule has 0 aromatic carbocycles. The third-order valence-corrected chi connectivity index (χ3v) is 2.46. The van der Waals surface area contributed by atoms with Crippen LogP contribution in [-0.2, 0) is 0 Å². The quantitative estimate of drug-likeness (QED) is 0.683. The molecule has 0 amide bonds. The molecule has 0 bridgehead atoms. The third kappa shape index (κ3) is 2.00. The van der Waals surface area contributed by atoms with Gasteiger partial charge in [0.25, 0.3) is 0 Å². The predicted octanol–water partition coefficient (Wildman–Crippen LogP) is 1.72. The molecule has 0 aliphatic carbocycles. The second kappa shape index (κ2) is 3.90. The molecule has 14 heavy (non-hydrogen) atoms. The maximum absolute atomic E-state index is 13.1. The van der Waals surface area contributed by atoms with Crippen LogP contribution in [-0.4, -0.2) is 29.2 Å². The van der Waals surface area contributed by atoms with Crippen LogP contribution in [0.15, 0.2) is 12.4 Å². The van der Waals surface area contributed by atoms with Crippen molar-refractivity contribution < 1.29 is 4.39 Å². The Hall–Kier alpha value is -1.19. The Bertz CT molecular complexity index is 299. The number of nitrogens with zero attached hydrogens (tertiary/aromatic N) is 3. The van der Waals surface area contributed by atoms with Crippen LogP contribution in [0, 0.1) is 6.92 Å². The summed E-state index contributed by atoms with van der Waals surface area (Å²) >= 11 is 0. The average molecular weight is 195 g/mol. The summed E-state index contributed by atoms with van der Waals surface area (Å²) in [5.74, 6) is 0.790. The van der Waals surface area contributed by atoms with E-state index < -0.39 is 6.17 Å². The molecule has 1 aliphatic heterocycles. The molecule has 4 heteroatoms. The normalized spacial score (nSPS) is 22.4. The number of hydrogen-bond acceptors (Lipinski definition) is 3. The van der Waals surface area contributed by atoms with Crippen LogP contribution in [0.3, 0.4) is 0 Å². The van der Waals surface area contributed by atoms with E-state index in [1.54, 1.807) is 12.4 Å². The molecule has 2 rings (SSSR count). The second-order valence-corrected chi connectivity index (χ2v) is 3.70. The Morgan fingerprint density at radius 1 is 1.43 bits per heavy atom. The molecule has 2 heterocycles. The zero-order chi connectivity index (χ0) is 9.97.